The van der Waals surface area contributed by atoms with Gasteiger partial charge in [-0.15, -0.1) is 0 Å². The maximum absolute atomic E-state index is 12.7. The van der Waals surface area contributed by atoms with Crippen molar-refractivity contribution in [3.63, 3.8) is 0 Å². The third-order valence-electron chi connectivity index (χ3n) is 3.51. The summed E-state index contributed by atoms with van der Waals surface area (Å²) in [4.78, 5) is 50.3. The largest absolute Gasteiger partial charge is 0.469 e. The van der Waals surface area contributed by atoms with Gasteiger partial charge in [-0.1, -0.05) is 0 Å². The standard InChI is InChI=1S/C17H27NO8/c1-15(2,3)25-13(21)18(14(22)26-16(4,5)6)17(12(20)24-8)9-10(17)11(19)23-7/h10H,9H2,1-8H3/t10-,17+/m1/s1. The smallest absolute Gasteiger partial charge is 0.420 e. The van der Waals surface area contributed by atoms with Crippen molar-refractivity contribution in [3.8, 4) is 0 Å². The second-order valence-corrected chi connectivity index (χ2v) is 7.99. The lowest BCUT2D eigenvalue weighted by atomic mass is 10.1. The number of ether oxygens (including phenoxy) is 4. The number of hydrogen-bond donors (Lipinski definition) is 0. The third kappa shape index (κ3) is 4.64. The Morgan fingerprint density at radius 2 is 1.27 bits per heavy atom. The van der Waals surface area contributed by atoms with Crippen molar-refractivity contribution < 1.29 is 38.1 Å². The van der Waals surface area contributed by atoms with Crippen molar-refractivity contribution in [1.29, 1.82) is 0 Å². The van der Waals surface area contributed by atoms with Crippen LogP contribution >= 0.6 is 0 Å². The van der Waals surface area contributed by atoms with E-state index in [-0.39, 0.29) is 6.42 Å². The second-order valence-electron chi connectivity index (χ2n) is 7.99. The lowest BCUT2D eigenvalue weighted by Crippen LogP contribution is -2.55. The van der Waals surface area contributed by atoms with Gasteiger partial charge < -0.3 is 18.9 Å². The maximum Gasteiger partial charge on any atom is 0.420 e. The summed E-state index contributed by atoms with van der Waals surface area (Å²) in [6.07, 6.45) is -2.35. The maximum atomic E-state index is 12.7. The zero-order valence-electron chi connectivity index (χ0n) is 16.5. The van der Waals surface area contributed by atoms with Crippen LogP contribution in [0.1, 0.15) is 48.0 Å². The Balaban J connectivity index is 3.36. The minimum Gasteiger partial charge on any atom is -0.469 e. The summed E-state index contributed by atoms with van der Waals surface area (Å²) in [7, 11) is 2.24. The lowest BCUT2D eigenvalue weighted by molar-refractivity contribution is -0.153. The highest BCUT2D eigenvalue weighted by atomic mass is 16.6. The van der Waals surface area contributed by atoms with E-state index in [1.807, 2.05) is 0 Å². The Morgan fingerprint density at radius 3 is 1.58 bits per heavy atom. The monoisotopic (exact) mass is 373 g/mol. The molecule has 0 saturated heterocycles. The second kappa shape index (κ2) is 7.13. The third-order valence-corrected chi connectivity index (χ3v) is 3.51. The molecule has 1 saturated carbocycles. The molecule has 1 fully saturated rings. The van der Waals surface area contributed by atoms with E-state index in [9.17, 15) is 19.2 Å². The first kappa shape index (κ1) is 21.7. The molecule has 9 heteroatoms. The summed E-state index contributed by atoms with van der Waals surface area (Å²) in [6.45, 7) is 9.63. The highest BCUT2D eigenvalue weighted by Gasteiger charge is 2.73. The van der Waals surface area contributed by atoms with E-state index < -0.39 is 46.8 Å². The Hall–Kier alpha value is -2.32. The van der Waals surface area contributed by atoms with Crippen molar-refractivity contribution in [2.24, 2.45) is 5.92 Å². The summed E-state index contributed by atoms with van der Waals surface area (Å²) in [6, 6.07) is 0. The summed E-state index contributed by atoms with van der Waals surface area (Å²) in [5, 5.41) is 0. The molecule has 0 aromatic heterocycles. The van der Waals surface area contributed by atoms with E-state index >= 15 is 0 Å². The van der Waals surface area contributed by atoms with Gasteiger partial charge >= 0.3 is 24.1 Å². The first-order valence-electron chi connectivity index (χ1n) is 8.12. The molecule has 1 aliphatic carbocycles. The molecule has 2 atom stereocenters. The molecule has 0 aromatic rings. The lowest BCUT2D eigenvalue weighted by Gasteiger charge is -2.32. The van der Waals surface area contributed by atoms with Gasteiger partial charge in [-0.25, -0.2) is 14.4 Å². The Labute approximate surface area is 152 Å². The molecule has 0 N–H and O–H groups in total. The van der Waals surface area contributed by atoms with Crippen molar-refractivity contribution in [3.05, 3.63) is 0 Å². The number of carbonyl (C=O) groups is 4. The van der Waals surface area contributed by atoms with Crippen molar-refractivity contribution in [1.82, 2.24) is 4.90 Å². The van der Waals surface area contributed by atoms with Gasteiger partial charge in [0.05, 0.1) is 20.1 Å². The summed E-state index contributed by atoms with van der Waals surface area (Å²) >= 11 is 0. The predicted octanol–water partition coefficient (Wildman–Crippen LogP) is 2.26. The van der Waals surface area contributed by atoms with Gasteiger partial charge in [-0.05, 0) is 48.0 Å². The van der Waals surface area contributed by atoms with Gasteiger partial charge in [-0.3, -0.25) is 4.79 Å². The SMILES string of the molecule is COC(=O)[C@H]1C[C@]1(C(=O)OC)N(C(=O)OC(C)(C)C)C(=O)OC(C)(C)C. The summed E-state index contributed by atoms with van der Waals surface area (Å²) in [5.74, 6) is -2.72. The fourth-order valence-corrected chi connectivity index (χ4v) is 2.43. The first-order chi connectivity index (χ1) is 11.7. The normalized spacial score (nSPS) is 22.1. The van der Waals surface area contributed by atoms with E-state index in [2.05, 4.69) is 4.74 Å². The van der Waals surface area contributed by atoms with Gasteiger partial charge in [0.2, 0.25) is 0 Å². The fourth-order valence-electron chi connectivity index (χ4n) is 2.43. The summed E-state index contributed by atoms with van der Waals surface area (Å²) < 4.78 is 19.9. The van der Waals surface area contributed by atoms with E-state index in [0.29, 0.717) is 4.90 Å². The quantitative estimate of drug-likeness (QED) is 0.547. The number of esters is 2. The van der Waals surface area contributed by atoms with Gasteiger partial charge in [0.1, 0.15) is 11.2 Å². The number of methoxy groups -OCH3 is 2. The van der Waals surface area contributed by atoms with Gasteiger partial charge in [0.25, 0.3) is 0 Å². The molecule has 9 nitrogen and oxygen atoms in total. The molecule has 26 heavy (non-hydrogen) atoms. The van der Waals surface area contributed by atoms with Crippen LogP contribution in [0.5, 0.6) is 0 Å². The number of imide groups is 1. The van der Waals surface area contributed by atoms with Crippen LogP contribution in [0, 0.1) is 5.92 Å². The molecule has 1 rings (SSSR count). The molecule has 0 aromatic carbocycles. The van der Waals surface area contributed by atoms with Gasteiger partial charge in [-0.2, -0.15) is 4.90 Å². The zero-order valence-corrected chi connectivity index (χ0v) is 16.5. The van der Waals surface area contributed by atoms with E-state index in [0.717, 1.165) is 14.2 Å². The van der Waals surface area contributed by atoms with Crippen LogP contribution in [-0.4, -0.2) is 60.0 Å². The van der Waals surface area contributed by atoms with Crippen molar-refractivity contribution in [2.75, 3.05) is 14.2 Å². The van der Waals surface area contributed by atoms with Gasteiger partial charge in [0.15, 0.2) is 5.54 Å². The van der Waals surface area contributed by atoms with Crippen LogP contribution in [0.4, 0.5) is 9.59 Å². The molecule has 2 amide bonds. The van der Waals surface area contributed by atoms with E-state index in [1.165, 1.54) is 0 Å². The predicted molar refractivity (Wildman–Crippen MR) is 89.2 cm³/mol. The highest BCUT2D eigenvalue weighted by Crippen LogP contribution is 2.51. The molecular weight excluding hydrogens is 346 g/mol. The van der Waals surface area contributed by atoms with Crippen molar-refractivity contribution >= 4 is 24.1 Å². The highest BCUT2D eigenvalue weighted by molar-refractivity contribution is 6.03. The number of amides is 2. The Kier molecular flexibility index (Phi) is 5.95. The topological polar surface area (TPSA) is 108 Å². The average molecular weight is 373 g/mol. The zero-order chi connectivity index (χ0) is 20.5. The van der Waals surface area contributed by atoms with E-state index in [1.54, 1.807) is 41.5 Å². The molecule has 0 aliphatic heterocycles. The minimum absolute atomic E-state index is 0.134. The van der Waals surface area contributed by atoms with Crippen LogP contribution in [0.2, 0.25) is 0 Å². The fraction of sp³-hybridized carbons (Fsp3) is 0.765. The van der Waals surface area contributed by atoms with Crippen LogP contribution in [-0.2, 0) is 28.5 Å². The number of hydrogen-bond acceptors (Lipinski definition) is 8. The molecule has 0 heterocycles. The number of rotatable bonds is 3. The van der Waals surface area contributed by atoms with Gasteiger partial charge in [0, 0.05) is 0 Å². The average Bonchev–Trinajstić information content (AvgIpc) is 3.18. The van der Waals surface area contributed by atoms with Crippen LogP contribution < -0.4 is 0 Å². The minimum atomic E-state index is -1.85. The first-order valence-corrected chi connectivity index (χ1v) is 8.12. The van der Waals surface area contributed by atoms with Crippen LogP contribution in [0.15, 0.2) is 0 Å². The summed E-state index contributed by atoms with van der Waals surface area (Å²) in [5.41, 5.74) is -3.73. The van der Waals surface area contributed by atoms with Crippen LogP contribution in [0.3, 0.4) is 0 Å². The molecule has 1 aliphatic rings. The molecule has 0 unspecified atom stereocenters. The molecule has 0 spiro atoms. The van der Waals surface area contributed by atoms with Crippen molar-refractivity contribution in [2.45, 2.75) is 64.7 Å². The number of nitrogens with zero attached hydrogens (tertiary/aromatic N) is 1. The molecular formula is C17H27NO8. The number of carbonyl (C=O) groups excluding carboxylic acids is 4. The molecule has 148 valence electrons. The Bertz CT molecular complexity index is 573. The van der Waals surface area contributed by atoms with E-state index in [4.69, 9.17) is 14.2 Å². The van der Waals surface area contributed by atoms with Crippen LogP contribution in [0.25, 0.3) is 0 Å². The molecule has 0 bridgehead atoms. The molecule has 0 radical (unpaired) electrons. The Morgan fingerprint density at radius 1 is 0.846 bits per heavy atom.